The molecule has 1 amide bonds. The first-order chi connectivity index (χ1) is 13.2. The molecule has 0 unspecified atom stereocenters. The summed E-state index contributed by atoms with van der Waals surface area (Å²) in [6.07, 6.45) is 0. The quantitative estimate of drug-likeness (QED) is 0.591. The first kappa shape index (κ1) is 18.6. The molecule has 0 aliphatic rings. The molecule has 9 heteroatoms. The van der Waals surface area contributed by atoms with Gasteiger partial charge in [-0.15, -0.1) is 22.7 Å². The fraction of sp³-hybridized carbons (Fsp3) is 0.111. The topological polar surface area (TPSA) is 104 Å². The number of thiazole rings is 1. The number of benzene rings is 1. The van der Waals surface area contributed by atoms with Crippen molar-refractivity contribution >= 4 is 44.7 Å². The number of nitrogens with one attached hydrogen (secondary N) is 2. The second-order valence-electron chi connectivity index (χ2n) is 5.28. The van der Waals surface area contributed by atoms with E-state index in [1.165, 1.54) is 22.7 Å². The van der Waals surface area contributed by atoms with E-state index >= 15 is 0 Å². The highest BCUT2D eigenvalue weighted by atomic mass is 32.1. The fourth-order valence-corrected chi connectivity index (χ4v) is 3.52. The molecule has 0 spiro atoms. The van der Waals surface area contributed by atoms with Crippen LogP contribution >= 0.6 is 22.7 Å². The molecule has 1 aromatic carbocycles. The van der Waals surface area contributed by atoms with Crippen LogP contribution < -0.4 is 10.6 Å². The van der Waals surface area contributed by atoms with Crippen molar-refractivity contribution in [3.8, 4) is 6.07 Å². The first-order valence-electron chi connectivity index (χ1n) is 7.83. The van der Waals surface area contributed by atoms with Gasteiger partial charge < -0.3 is 15.4 Å². The number of hydrogen-bond acceptors (Lipinski definition) is 8. The molecular formula is C18H14N4O3S2. The summed E-state index contributed by atoms with van der Waals surface area (Å²) in [6.45, 7) is 0.138. The van der Waals surface area contributed by atoms with Crippen LogP contribution in [0.15, 0.2) is 47.2 Å². The lowest BCUT2D eigenvalue weighted by atomic mass is 10.2. The minimum absolute atomic E-state index is 0.136. The predicted molar refractivity (Wildman–Crippen MR) is 104 cm³/mol. The molecule has 3 rings (SSSR count). The maximum absolute atomic E-state index is 12.0. The summed E-state index contributed by atoms with van der Waals surface area (Å²) in [5.74, 6) is -1.19. The van der Waals surface area contributed by atoms with Gasteiger partial charge in [-0.2, -0.15) is 5.26 Å². The maximum atomic E-state index is 12.0. The molecule has 2 heterocycles. The Morgan fingerprint density at radius 1 is 1.19 bits per heavy atom. The number of nitrogens with zero attached hydrogens (tertiary/aromatic N) is 2. The second-order valence-corrected chi connectivity index (χ2v) is 7.05. The fourth-order valence-electron chi connectivity index (χ4n) is 2.08. The second kappa shape index (κ2) is 8.93. The van der Waals surface area contributed by atoms with E-state index in [2.05, 4.69) is 15.6 Å². The zero-order valence-electron chi connectivity index (χ0n) is 14.0. The molecule has 0 aliphatic heterocycles. The molecule has 3 aromatic rings. The maximum Gasteiger partial charge on any atom is 0.358 e. The lowest BCUT2D eigenvalue weighted by molar-refractivity contribution is -0.119. The van der Waals surface area contributed by atoms with Gasteiger partial charge in [0.15, 0.2) is 17.4 Å². The molecule has 0 saturated heterocycles. The van der Waals surface area contributed by atoms with E-state index in [1.807, 2.05) is 36.4 Å². The van der Waals surface area contributed by atoms with Gasteiger partial charge in [-0.1, -0.05) is 30.3 Å². The van der Waals surface area contributed by atoms with Gasteiger partial charge in [-0.05, 0) is 17.0 Å². The van der Waals surface area contributed by atoms with Gasteiger partial charge in [0.2, 0.25) is 0 Å². The molecule has 2 N–H and O–H groups in total. The summed E-state index contributed by atoms with van der Waals surface area (Å²) in [7, 11) is 0. The van der Waals surface area contributed by atoms with Gasteiger partial charge >= 0.3 is 5.97 Å². The molecule has 136 valence electrons. The molecule has 0 saturated carbocycles. The average molecular weight is 398 g/mol. The lowest BCUT2D eigenvalue weighted by Crippen LogP contribution is -2.21. The summed E-state index contributed by atoms with van der Waals surface area (Å²) in [6, 6.07) is 13.4. The number of ether oxygens (including phenoxy) is 1. The van der Waals surface area contributed by atoms with Crippen LogP contribution in [0.4, 0.5) is 10.1 Å². The van der Waals surface area contributed by atoms with Crippen LogP contribution in [-0.2, 0) is 16.1 Å². The monoisotopic (exact) mass is 398 g/mol. The third-order valence-electron chi connectivity index (χ3n) is 3.37. The molecule has 2 aromatic heterocycles. The lowest BCUT2D eigenvalue weighted by Gasteiger charge is -2.04. The molecule has 0 fully saturated rings. The highest BCUT2D eigenvalue weighted by molar-refractivity contribution is 7.14. The normalized spacial score (nSPS) is 10.0. The summed E-state index contributed by atoms with van der Waals surface area (Å²) in [5.41, 5.74) is 1.60. The van der Waals surface area contributed by atoms with Crippen molar-refractivity contribution < 1.29 is 14.3 Å². The molecule has 7 nitrogen and oxygen atoms in total. The van der Waals surface area contributed by atoms with Crippen LogP contribution in [0.1, 0.15) is 21.6 Å². The van der Waals surface area contributed by atoms with Crippen LogP contribution in [0.5, 0.6) is 0 Å². The third-order valence-corrected chi connectivity index (χ3v) is 5.00. The van der Waals surface area contributed by atoms with E-state index in [4.69, 9.17) is 10.00 Å². The van der Waals surface area contributed by atoms with Gasteiger partial charge in [0.05, 0.1) is 5.56 Å². The molecule has 27 heavy (non-hydrogen) atoms. The van der Waals surface area contributed by atoms with Gasteiger partial charge in [-0.3, -0.25) is 4.79 Å². The predicted octanol–water partition coefficient (Wildman–Crippen LogP) is 3.48. The van der Waals surface area contributed by atoms with E-state index in [9.17, 15) is 9.59 Å². The largest absolute Gasteiger partial charge is 0.451 e. The summed E-state index contributed by atoms with van der Waals surface area (Å²) < 4.78 is 4.98. The van der Waals surface area contributed by atoms with Gasteiger partial charge in [0, 0.05) is 11.9 Å². The molecule has 0 aliphatic carbocycles. The van der Waals surface area contributed by atoms with Crippen LogP contribution in [-0.4, -0.2) is 23.5 Å². The highest BCUT2D eigenvalue weighted by Gasteiger charge is 2.15. The van der Waals surface area contributed by atoms with E-state index < -0.39 is 18.5 Å². The minimum Gasteiger partial charge on any atom is -0.451 e. The molecular weight excluding hydrogens is 384 g/mol. The van der Waals surface area contributed by atoms with Gasteiger partial charge in [-0.25, -0.2) is 9.78 Å². The van der Waals surface area contributed by atoms with Crippen molar-refractivity contribution in [3.63, 3.8) is 0 Å². The summed E-state index contributed by atoms with van der Waals surface area (Å²) in [5, 5.41) is 18.9. The van der Waals surface area contributed by atoms with Crippen molar-refractivity contribution in [2.45, 2.75) is 6.54 Å². The zero-order chi connectivity index (χ0) is 19.1. The van der Waals surface area contributed by atoms with Crippen LogP contribution in [0.2, 0.25) is 0 Å². The van der Waals surface area contributed by atoms with Crippen molar-refractivity contribution in [1.29, 1.82) is 5.26 Å². The first-order valence-corrected chi connectivity index (χ1v) is 9.59. The third kappa shape index (κ3) is 5.13. The summed E-state index contributed by atoms with van der Waals surface area (Å²) in [4.78, 5) is 28.1. The van der Waals surface area contributed by atoms with E-state index in [0.717, 1.165) is 5.56 Å². The highest BCUT2D eigenvalue weighted by Crippen LogP contribution is 2.22. The summed E-state index contributed by atoms with van der Waals surface area (Å²) >= 11 is 2.51. The number of thiophene rings is 1. The van der Waals surface area contributed by atoms with Crippen molar-refractivity contribution in [1.82, 2.24) is 4.98 Å². The number of esters is 1. The molecule has 0 atom stereocenters. The van der Waals surface area contributed by atoms with Crippen LogP contribution in [0, 0.1) is 11.3 Å². The van der Waals surface area contributed by atoms with Crippen molar-refractivity contribution in [3.05, 3.63) is 64.0 Å². The number of hydrogen-bond donors (Lipinski definition) is 2. The van der Waals surface area contributed by atoms with Crippen LogP contribution in [0.25, 0.3) is 0 Å². The van der Waals surface area contributed by atoms with Crippen molar-refractivity contribution in [2.75, 3.05) is 17.2 Å². The zero-order valence-corrected chi connectivity index (χ0v) is 15.6. The van der Waals surface area contributed by atoms with E-state index in [0.29, 0.717) is 22.2 Å². The Bertz CT molecular complexity index is 976. The van der Waals surface area contributed by atoms with Gasteiger partial charge in [0.25, 0.3) is 5.91 Å². The number of carbonyl (C=O) groups is 2. The Kier molecular flexibility index (Phi) is 6.14. The van der Waals surface area contributed by atoms with E-state index in [1.54, 1.807) is 16.8 Å². The van der Waals surface area contributed by atoms with E-state index in [-0.39, 0.29) is 5.69 Å². The average Bonchev–Trinajstić information content (AvgIpc) is 3.34. The Morgan fingerprint density at radius 3 is 2.78 bits per heavy atom. The number of anilines is 2. The number of rotatable bonds is 7. The van der Waals surface area contributed by atoms with Crippen LogP contribution in [0.3, 0.4) is 0 Å². The Labute approximate surface area is 163 Å². The number of nitriles is 1. The smallest absolute Gasteiger partial charge is 0.358 e. The van der Waals surface area contributed by atoms with Gasteiger partial charge in [0.1, 0.15) is 11.1 Å². The Morgan fingerprint density at radius 2 is 2.00 bits per heavy atom. The number of aromatic nitrogens is 1. The van der Waals surface area contributed by atoms with Crippen molar-refractivity contribution in [2.24, 2.45) is 0 Å². The standard InChI is InChI=1S/C18H14N4O3S2/c19-8-13-6-7-26-16(13)22-15(23)10-25-17(24)14-11-27-18(21-14)20-9-12-4-2-1-3-5-12/h1-7,11H,9-10H2,(H,20,21)(H,22,23). The molecule has 0 bridgehead atoms. The number of amides is 1. The molecule has 0 radical (unpaired) electrons. The Balaban J connectivity index is 1.48. The minimum atomic E-state index is -0.680. The SMILES string of the molecule is N#Cc1ccsc1NC(=O)COC(=O)c1csc(NCc2ccccc2)n1. The Hall–Kier alpha value is -3.22. The number of carbonyl (C=O) groups excluding carboxylic acids is 2.